The Balaban J connectivity index is 1.57. The molecule has 9 atom stereocenters. The van der Waals surface area contributed by atoms with Crippen LogP contribution in [0.1, 0.15) is 32.6 Å². The van der Waals surface area contributed by atoms with Gasteiger partial charge in [-0.3, -0.25) is 0 Å². The second-order valence-electron chi connectivity index (χ2n) is 8.56. The second-order valence-corrected chi connectivity index (χ2v) is 8.56. The van der Waals surface area contributed by atoms with Crippen LogP contribution in [0.15, 0.2) is 11.8 Å². The molecule has 0 aromatic carbocycles. The van der Waals surface area contributed by atoms with Gasteiger partial charge in [0.15, 0.2) is 12.6 Å². The highest BCUT2D eigenvalue weighted by molar-refractivity contribution is 5.01. The summed E-state index contributed by atoms with van der Waals surface area (Å²) in [5.74, 6) is 0.975. The lowest BCUT2D eigenvalue weighted by atomic mass is 9.84. The summed E-state index contributed by atoms with van der Waals surface area (Å²) in [6, 6.07) is -0.979. The first-order valence-electron chi connectivity index (χ1n) is 10.9. The minimum absolute atomic E-state index is 0.0519. The number of nitrogens with two attached hydrogens (primary N) is 2. The molecular formula is C20H37N3O7. The first-order valence-corrected chi connectivity index (χ1v) is 10.9. The molecular weight excluding hydrogens is 394 g/mol. The largest absolute Gasteiger partial charge is 0.468 e. The van der Waals surface area contributed by atoms with Gasteiger partial charge in [0.1, 0.15) is 30.2 Å². The Hall–Kier alpha value is -0.820. The molecule has 30 heavy (non-hydrogen) atoms. The fourth-order valence-corrected chi connectivity index (χ4v) is 4.22. The quantitative estimate of drug-likeness (QED) is 0.250. The van der Waals surface area contributed by atoms with Gasteiger partial charge in [0.05, 0.1) is 19.8 Å². The summed E-state index contributed by atoms with van der Waals surface area (Å²) in [6.45, 7) is 3.50. The van der Waals surface area contributed by atoms with E-state index in [1.807, 2.05) is 13.0 Å². The van der Waals surface area contributed by atoms with Crippen molar-refractivity contribution in [2.45, 2.75) is 81.7 Å². The number of allylic oxidation sites excluding steroid dienone is 1. The highest BCUT2D eigenvalue weighted by Gasteiger charge is 2.46. The van der Waals surface area contributed by atoms with Gasteiger partial charge in [-0.1, -0.05) is 6.92 Å². The second kappa shape index (κ2) is 11.2. The van der Waals surface area contributed by atoms with Crippen molar-refractivity contribution in [2.24, 2.45) is 17.4 Å². The number of nitrogens with one attached hydrogen (secondary N) is 1. The van der Waals surface area contributed by atoms with Crippen molar-refractivity contribution in [3.05, 3.63) is 11.8 Å². The van der Waals surface area contributed by atoms with Gasteiger partial charge in [-0.2, -0.15) is 0 Å². The fourth-order valence-electron chi connectivity index (χ4n) is 4.22. The molecule has 10 nitrogen and oxygen atoms in total. The SMILES string of the molecule is C[C@@H]1CO[C@H](O[C@@H]2[C@@H](O)[C@H](O[C@@H]3CCC=C(CNCCO)O3)[C@@H](N)C[C@H]2N)[C@H](O)C1. The van der Waals surface area contributed by atoms with Crippen LogP contribution in [-0.2, 0) is 18.9 Å². The number of hydrogen-bond acceptors (Lipinski definition) is 10. The molecule has 0 spiro atoms. The molecule has 0 amide bonds. The van der Waals surface area contributed by atoms with Crippen LogP contribution in [0.4, 0.5) is 0 Å². The molecule has 10 heteroatoms. The number of ether oxygens (including phenoxy) is 4. The molecule has 1 aliphatic carbocycles. The maximum Gasteiger partial charge on any atom is 0.200 e. The topological polar surface area (TPSA) is 162 Å². The summed E-state index contributed by atoms with van der Waals surface area (Å²) in [5.41, 5.74) is 12.4. The Labute approximate surface area is 177 Å². The molecule has 8 N–H and O–H groups in total. The third-order valence-corrected chi connectivity index (χ3v) is 5.81. The number of hydrogen-bond donors (Lipinski definition) is 6. The Morgan fingerprint density at radius 2 is 1.90 bits per heavy atom. The minimum Gasteiger partial charge on any atom is -0.468 e. The number of aliphatic hydroxyl groups excluding tert-OH is 3. The van der Waals surface area contributed by atoms with E-state index in [4.69, 9.17) is 35.5 Å². The molecule has 0 radical (unpaired) electrons. The average Bonchev–Trinajstić information content (AvgIpc) is 2.70. The molecule has 2 heterocycles. The molecule has 0 aromatic heterocycles. The monoisotopic (exact) mass is 431 g/mol. The van der Waals surface area contributed by atoms with Gasteiger partial charge in [0, 0.05) is 25.0 Å². The third-order valence-electron chi connectivity index (χ3n) is 5.81. The van der Waals surface area contributed by atoms with E-state index < -0.39 is 49.1 Å². The lowest BCUT2D eigenvalue weighted by Gasteiger charge is -2.45. The smallest absolute Gasteiger partial charge is 0.200 e. The molecule has 2 aliphatic heterocycles. The normalized spacial score (nSPS) is 42.5. The van der Waals surface area contributed by atoms with E-state index in [9.17, 15) is 10.2 Å². The van der Waals surface area contributed by atoms with Crippen molar-refractivity contribution in [1.82, 2.24) is 5.32 Å². The van der Waals surface area contributed by atoms with Crippen molar-refractivity contribution in [3.63, 3.8) is 0 Å². The first kappa shape index (κ1) is 23.8. The van der Waals surface area contributed by atoms with Crippen LogP contribution >= 0.6 is 0 Å². The van der Waals surface area contributed by atoms with Crippen molar-refractivity contribution in [1.29, 1.82) is 0 Å². The van der Waals surface area contributed by atoms with Crippen LogP contribution in [0, 0.1) is 5.92 Å². The zero-order valence-corrected chi connectivity index (χ0v) is 17.6. The molecule has 0 aromatic rings. The van der Waals surface area contributed by atoms with Crippen LogP contribution < -0.4 is 16.8 Å². The van der Waals surface area contributed by atoms with E-state index in [2.05, 4.69) is 5.32 Å². The van der Waals surface area contributed by atoms with Crippen LogP contribution in [0.25, 0.3) is 0 Å². The molecule has 0 unspecified atom stereocenters. The van der Waals surface area contributed by atoms with Crippen LogP contribution in [-0.4, -0.2) is 90.7 Å². The zero-order chi connectivity index (χ0) is 21.7. The Morgan fingerprint density at radius 1 is 1.17 bits per heavy atom. The molecule has 1 saturated heterocycles. The summed E-state index contributed by atoms with van der Waals surface area (Å²) in [7, 11) is 0. The van der Waals surface area contributed by atoms with Gasteiger partial charge in [-0.05, 0) is 31.3 Å². The van der Waals surface area contributed by atoms with E-state index in [1.54, 1.807) is 0 Å². The van der Waals surface area contributed by atoms with Crippen LogP contribution in [0.3, 0.4) is 0 Å². The molecule has 174 valence electrons. The summed E-state index contributed by atoms with van der Waals surface area (Å²) < 4.78 is 23.4. The Kier molecular flexibility index (Phi) is 8.87. The van der Waals surface area contributed by atoms with Gasteiger partial charge in [-0.15, -0.1) is 0 Å². The van der Waals surface area contributed by atoms with Gasteiger partial charge in [0.25, 0.3) is 0 Å². The first-order chi connectivity index (χ1) is 14.4. The molecule has 3 aliphatic rings. The lowest BCUT2D eigenvalue weighted by Crippen LogP contribution is -2.64. The van der Waals surface area contributed by atoms with Crippen LogP contribution in [0.5, 0.6) is 0 Å². The molecule has 2 fully saturated rings. The Bertz CT molecular complexity index is 567. The summed E-state index contributed by atoms with van der Waals surface area (Å²) in [4.78, 5) is 0. The molecule has 3 rings (SSSR count). The van der Waals surface area contributed by atoms with E-state index in [0.29, 0.717) is 39.0 Å². The summed E-state index contributed by atoms with van der Waals surface area (Å²) >= 11 is 0. The minimum atomic E-state index is -1.08. The maximum atomic E-state index is 11.0. The highest BCUT2D eigenvalue weighted by atomic mass is 16.7. The Morgan fingerprint density at radius 3 is 2.60 bits per heavy atom. The number of rotatable bonds is 8. The van der Waals surface area contributed by atoms with E-state index in [0.717, 1.165) is 12.2 Å². The van der Waals surface area contributed by atoms with Crippen molar-refractivity contribution >= 4 is 0 Å². The number of aliphatic hydroxyl groups is 3. The van der Waals surface area contributed by atoms with Gasteiger partial charge in [-0.25, -0.2) is 0 Å². The zero-order valence-electron chi connectivity index (χ0n) is 17.6. The van der Waals surface area contributed by atoms with Crippen LogP contribution in [0.2, 0.25) is 0 Å². The predicted molar refractivity (Wildman–Crippen MR) is 108 cm³/mol. The highest BCUT2D eigenvalue weighted by Crippen LogP contribution is 2.30. The lowest BCUT2D eigenvalue weighted by molar-refractivity contribution is -0.280. The van der Waals surface area contributed by atoms with Crippen molar-refractivity contribution in [3.8, 4) is 0 Å². The predicted octanol–water partition coefficient (Wildman–Crippen LogP) is -1.48. The third kappa shape index (κ3) is 6.12. The van der Waals surface area contributed by atoms with Gasteiger partial charge in [0.2, 0.25) is 0 Å². The van der Waals surface area contributed by atoms with Crippen molar-refractivity contribution < 1.29 is 34.3 Å². The summed E-state index contributed by atoms with van der Waals surface area (Å²) in [5, 5.41) is 33.2. The van der Waals surface area contributed by atoms with Gasteiger partial charge < -0.3 is 51.1 Å². The fraction of sp³-hybridized carbons (Fsp3) is 0.900. The molecule has 1 saturated carbocycles. The standard InChI is InChI=1S/C20H37N3O7/c1-11-7-15(25)20(27-10-11)30-19-14(22)8-13(21)18(17(19)26)29-16-4-2-3-12(28-16)9-23-5-6-24/h3,11,13-20,23-26H,2,4-10,21-22H2,1H3/t11-,13-,14+,15+,16+,17-,18+,19-,20+/m0/s1. The van der Waals surface area contributed by atoms with Crippen molar-refractivity contribution in [2.75, 3.05) is 26.3 Å². The van der Waals surface area contributed by atoms with E-state index in [-0.39, 0.29) is 12.5 Å². The maximum absolute atomic E-state index is 11.0. The van der Waals surface area contributed by atoms with E-state index in [1.165, 1.54) is 0 Å². The summed E-state index contributed by atoms with van der Waals surface area (Å²) in [6.07, 6.45) is -0.357. The van der Waals surface area contributed by atoms with E-state index >= 15 is 0 Å². The average molecular weight is 432 g/mol. The van der Waals surface area contributed by atoms with Gasteiger partial charge >= 0.3 is 0 Å². The molecule has 0 bridgehead atoms.